The highest BCUT2D eigenvalue weighted by Gasteiger charge is 2.37. The summed E-state index contributed by atoms with van der Waals surface area (Å²) in [6.45, 7) is 4.83. The second kappa shape index (κ2) is 13.6. The van der Waals surface area contributed by atoms with Crippen molar-refractivity contribution >= 4 is 66.5 Å². The molecule has 8 heteroatoms. The molecule has 0 N–H and O–H groups in total. The Morgan fingerprint density at radius 3 is 2.29 bits per heavy atom. The minimum absolute atomic E-state index is 0.0920. The number of aliphatic imine (C=N–C) groups is 1. The van der Waals surface area contributed by atoms with Crippen molar-refractivity contribution < 1.29 is 14.3 Å². The van der Waals surface area contributed by atoms with E-state index in [1.54, 1.807) is 4.90 Å². The van der Waals surface area contributed by atoms with Gasteiger partial charge in [0.05, 0.1) is 27.7 Å². The molecule has 1 aliphatic heterocycles. The quantitative estimate of drug-likeness (QED) is 0.164. The molecule has 0 radical (unpaired) electrons. The van der Waals surface area contributed by atoms with Crippen LogP contribution in [-0.2, 0) is 11.4 Å². The highest BCUT2D eigenvalue weighted by molar-refractivity contribution is 9.10. The molecule has 1 heterocycles. The van der Waals surface area contributed by atoms with Gasteiger partial charge in [0.15, 0.2) is 16.7 Å². The van der Waals surface area contributed by atoms with E-state index in [9.17, 15) is 4.79 Å². The Balaban J connectivity index is 1.47. The Hall–Kier alpha value is -3.33. The molecule has 1 saturated heterocycles. The van der Waals surface area contributed by atoms with Crippen LogP contribution in [0.2, 0.25) is 0 Å². The van der Waals surface area contributed by atoms with Gasteiger partial charge in [-0.25, -0.2) is 4.99 Å². The first-order valence-electron chi connectivity index (χ1n) is 13.2. The van der Waals surface area contributed by atoms with Gasteiger partial charge in [-0.1, -0.05) is 76.6 Å². The summed E-state index contributed by atoms with van der Waals surface area (Å²) < 4.78 is 13.9. The number of carbonyl (C=O) groups is 1. The highest BCUT2D eigenvalue weighted by Crippen LogP contribution is 2.42. The number of hydrogen-bond donors (Lipinski definition) is 0. The molecule has 1 amide bonds. The number of ether oxygens (including phenoxy) is 2. The van der Waals surface area contributed by atoms with E-state index in [1.807, 2.05) is 117 Å². The summed E-state index contributed by atoms with van der Waals surface area (Å²) in [7, 11) is 0. The van der Waals surface area contributed by atoms with Crippen LogP contribution in [0, 0.1) is 0 Å². The molecule has 1 atom stereocenters. The van der Waals surface area contributed by atoms with Crippen LogP contribution in [-0.4, -0.2) is 22.6 Å². The van der Waals surface area contributed by atoms with Crippen LogP contribution >= 0.6 is 43.6 Å². The van der Waals surface area contributed by atoms with Gasteiger partial charge < -0.3 is 9.47 Å². The molecule has 0 aromatic heterocycles. The first-order valence-corrected chi connectivity index (χ1v) is 15.6. The van der Waals surface area contributed by atoms with Crippen LogP contribution in [0.15, 0.2) is 116 Å². The highest BCUT2D eigenvalue weighted by atomic mass is 79.9. The van der Waals surface area contributed by atoms with Crippen molar-refractivity contribution in [2.24, 2.45) is 4.99 Å². The first kappa shape index (κ1) is 29.2. The van der Waals surface area contributed by atoms with Crippen LogP contribution in [0.5, 0.6) is 11.5 Å². The zero-order chi connectivity index (χ0) is 28.8. The fraction of sp³-hybridized carbons (Fsp3) is 0.152. The summed E-state index contributed by atoms with van der Waals surface area (Å²) in [6.07, 6.45) is 1.89. The molecular formula is C33H28Br2N2O3S. The van der Waals surface area contributed by atoms with Crippen LogP contribution in [0.1, 0.15) is 36.6 Å². The minimum atomic E-state index is -0.190. The van der Waals surface area contributed by atoms with E-state index in [0.29, 0.717) is 34.8 Å². The van der Waals surface area contributed by atoms with Crippen LogP contribution in [0.25, 0.3) is 6.08 Å². The van der Waals surface area contributed by atoms with E-state index < -0.39 is 0 Å². The van der Waals surface area contributed by atoms with Crippen molar-refractivity contribution in [1.82, 2.24) is 4.90 Å². The molecule has 0 unspecified atom stereocenters. The lowest BCUT2D eigenvalue weighted by Crippen LogP contribution is -2.32. The molecule has 208 valence electrons. The maximum atomic E-state index is 13.9. The molecule has 0 bridgehead atoms. The molecule has 41 heavy (non-hydrogen) atoms. The van der Waals surface area contributed by atoms with E-state index in [4.69, 9.17) is 14.5 Å². The van der Waals surface area contributed by atoms with E-state index in [2.05, 4.69) is 31.9 Å². The zero-order valence-electron chi connectivity index (χ0n) is 22.6. The number of para-hydroxylation sites is 1. The second-order valence-corrected chi connectivity index (χ2v) is 12.1. The number of hydrogen-bond acceptors (Lipinski definition) is 5. The zero-order valence-corrected chi connectivity index (χ0v) is 26.6. The number of benzene rings is 4. The minimum Gasteiger partial charge on any atom is -0.490 e. The Kier molecular flexibility index (Phi) is 9.64. The third-order valence-electron chi connectivity index (χ3n) is 6.41. The summed E-state index contributed by atoms with van der Waals surface area (Å²) in [4.78, 5) is 21.1. The Morgan fingerprint density at radius 1 is 0.927 bits per heavy atom. The molecule has 5 rings (SSSR count). The predicted molar refractivity (Wildman–Crippen MR) is 175 cm³/mol. The normalized spacial score (nSPS) is 15.9. The summed E-state index contributed by atoms with van der Waals surface area (Å²) in [5.74, 6) is 1.13. The number of amidine groups is 1. The average molecular weight is 692 g/mol. The van der Waals surface area contributed by atoms with E-state index >= 15 is 0 Å². The maximum absolute atomic E-state index is 13.9. The van der Waals surface area contributed by atoms with Gasteiger partial charge in [0.1, 0.15) is 6.61 Å². The topological polar surface area (TPSA) is 51.1 Å². The molecule has 1 aliphatic rings. The molecular weight excluding hydrogens is 664 g/mol. The summed E-state index contributed by atoms with van der Waals surface area (Å²) in [6, 6.07) is 31.4. The van der Waals surface area contributed by atoms with Gasteiger partial charge in [-0.15, -0.1) is 0 Å². The van der Waals surface area contributed by atoms with Gasteiger partial charge >= 0.3 is 0 Å². The Labute approximate surface area is 261 Å². The fourth-order valence-corrected chi connectivity index (χ4v) is 6.27. The third kappa shape index (κ3) is 7.12. The molecule has 0 saturated carbocycles. The Morgan fingerprint density at radius 2 is 1.61 bits per heavy atom. The van der Waals surface area contributed by atoms with Crippen molar-refractivity contribution in [1.29, 1.82) is 0 Å². The number of rotatable bonds is 9. The standard InChI is InChI=1S/C33H28Br2N2O3S/c1-3-39-29-19-24(18-28(35)31(29)40-21-23-14-16-26(34)17-15-23)20-30-32(38)37(22(2)25-10-6-4-7-11-25)33(41-30)36-27-12-8-5-9-13-27/h4-20,22H,3,21H2,1-2H3/b30-20+,36-33?/t22-/m1/s1. The van der Waals surface area contributed by atoms with Gasteiger partial charge in [0.25, 0.3) is 5.91 Å². The second-order valence-electron chi connectivity index (χ2n) is 9.28. The lowest BCUT2D eigenvalue weighted by molar-refractivity contribution is -0.123. The maximum Gasteiger partial charge on any atom is 0.267 e. The van der Waals surface area contributed by atoms with Gasteiger partial charge in [0, 0.05) is 4.47 Å². The molecule has 1 fully saturated rings. The third-order valence-corrected chi connectivity index (χ3v) is 8.51. The first-order chi connectivity index (χ1) is 19.9. The van der Waals surface area contributed by atoms with Crippen LogP contribution in [0.4, 0.5) is 5.69 Å². The smallest absolute Gasteiger partial charge is 0.267 e. The van der Waals surface area contributed by atoms with Crippen LogP contribution < -0.4 is 9.47 Å². The lowest BCUT2D eigenvalue weighted by atomic mass is 10.1. The van der Waals surface area contributed by atoms with Crippen molar-refractivity contribution in [3.05, 3.63) is 128 Å². The molecule has 4 aromatic rings. The van der Waals surface area contributed by atoms with E-state index in [-0.39, 0.29) is 11.9 Å². The molecule has 5 nitrogen and oxygen atoms in total. The number of nitrogens with zero attached hydrogens (tertiary/aromatic N) is 2. The van der Waals surface area contributed by atoms with E-state index in [0.717, 1.165) is 31.3 Å². The van der Waals surface area contributed by atoms with Gasteiger partial charge in [-0.2, -0.15) is 0 Å². The predicted octanol–water partition coefficient (Wildman–Crippen LogP) is 9.55. The SMILES string of the molecule is CCOc1cc(/C=C2/SC(=Nc3ccccc3)N([C@H](C)c3ccccc3)C2=O)cc(Br)c1OCc1ccc(Br)cc1. The van der Waals surface area contributed by atoms with Crippen molar-refractivity contribution in [2.75, 3.05) is 6.61 Å². The van der Waals surface area contributed by atoms with E-state index in [1.165, 1.54) is 11.8 Å². The lowest BCUT2D eigenvalue weighted by Gasteiger charge is -2.24. The largest absolute Gasteiger partial charge is 0.490 e. The molecule has 4 aromatic carbocycles. The van der Waals surface area contributed by atoms with Crippen LogP contribution in [0.3, 0.4) is 0 Å². The number of amides is 1. The van der Waals surface area contributed by atoms with Gasteiger partial charge in [0.2, 0.25) is 0 Å². The van der Waals surface area contributed by atoms with Gasteiger partial charge in [-0.3, -0.25) is 9.69 Å². The average Bonchev–Trinajstić information content (AvgIpc) is 3.28. The number of halogens is 2. The summed E-state index contributed by atoms with van der Waals surface area (Å²) in [5.41, 5.74) is 3.69. The van der Waals surface area contributed by atoms with Crippen molar-refractivity contribution in [3.63, 3.8) is 0 Å². The summed E-state index contributed by atoms with van der Waals surface area (Å²) >= 11 is 8.51. The van der Waals surface area contributed by atoms with Gasteiger partial charge in [-0.05, 0) is 101 Å². The van der Waals surface area contributed by atoms with Crippen molar-refractivity contribution in [3.8, 4) is 11.5 Å². The van der Waals surface area contributed by atoms with Crippen molar-refractivity contribution in [2.45, 2.75) is 26.5 Å². The molecule has 0 spiro atoms. The monoisotopic (exact) mass is 690 g/mol. The fourth-order valence-electron chi connectivity index (χ4n) is 4.36. The molecule has 0 aliphatic carbocycles. The summed E-state index contributed by atoms with van der Waals surface area (Å²) in [5, 5.41) is 0.641. The number of carbonyl (C=O) groups excluding carboxylic acids is 1. The number of thioether (sulfide) groups is 1. The Bertz CT molecular complexity index is 1580.